The number of ether oxygens (including phenoxy) is 1. The number of carbonyl (C=O) groups is 1. The third kappa shape index (κ3) is 4.91. The molecule has 0 unspecified atom stereocenters. The van der Waals surface area contributed by atoms with Crippen molar-refractivity contribution in [2.75, 3.05) is 17.9 Å². The monoisotopic (exact) mass is 402 g/mol. The first-order valence-corrected chi connectivity index (χ1v) is 11.0. The van der Waals surface area contributed by atoms with Gasteiger partial charge in [0.1, 0.15) is 0 Å². The topological polar surface area (TPSA) is 84.5 Å². The minimum atomic E-state index is -3.80. The van der Waals surface area contributed by atoms with Crippen LogP contribution >= 0.6 is 0 Å². The summed E-state index contributed by atoms with van der Waals surface area (Å²) in [6.45, 7) is 5.23. The lowest BCUT2D eigenvalue weighted by Gasteiger charge is -2.15. The lowest BCUT2D eigenvalue weighted by molar-refractivity contribution is 0.0858. The molecular weight excluding hydrogens is 376 g/mol. The number of hydrogen-bond acceptors (Lipinski definition) is 4. The Labute approximate surface area is 166 Å². The fourth-order valence-corrected chi connectivity index (χ4v) is 4.19. The minimum absolute atomic E-state index is 0.0206. The summed E-state index contributed by atoms with van der Waals surface area (Å²) in [5.41, 5.74) is 1.59. The van der Waals surface area contributed by atoms with Gasteiger partial charge in [-0.1, -0.05) is 38.1 Å². The summed E-state index contributed by atoms with van der Waals surface area (Å²) in [6, 6.07) is 13.4. The number of rotatable bonds is 7. The van der Waals surface area contributed by atoms with Crippen molar-refractivity contribution in [3.05, 3.63) is 59.7 Å². The number of anilines is 1. The number of benzene rings is 2. The maximum Gasteiger partial charge on any atom is 0.261 e. The van der Waals surface area contributed by atoms with Gasteiger partial charge < -0.3 is 10.1 Å². The van der Waals surface area contributed by atoms with Crippen LogP contribution in [0.4, 0.5) is 5.69 Å². The molecule has 28 heavy (non-hydrogen) atoms. The van der Waals surface area contributed by atoms with E-state index in [0.717, 1.165) is 18.4 Å². The van der Waals surface area contributed by atoms with E-state index in [4.69, 9.17) is 4.74 Å². The second-order valence-electron chi connectivity index (χ2n) is 7.22. The van der Waals surface area contributed by atoms with Gasteiger partial charge in [-0.05, 0) is 48.6 Å². The van der Waals surface area contributed by atoms with Crippen LogP contribution in [0.1, 0.15) is 48.5 Å². The number of carbonyl (C=O) groups excluding carboxylic acids is 1. The molecule has 0 aromatic heterocycles. The Hall–Kier alpha value is -2.38. The van der Waals surface area contributed by atoms with Crippen molar-refractivity contribution in [1.82, 2.24) is 5.32 Å². The van der Waals surface area contributed by atoms with Crippen molar-refractivity contribution in [2.45, 2.75) is 43.6 Å². The number of para-hydroxylation sites is 1. The van der Waals surface area contributed by atoms with Crippen LogP contribution in [0.25, 0.3) is 0 Å². The molecule has 6 nitrogen and oxygen atoms in total. The molecule has 1 aliphatic rings. The first kappa shape index (κ1) is 20.4. The molecule has 0 aliphatic carbocycles. The highest BCUT2D eigenvalue weighted by molar-refractivity contribution is 7.92. The molecule has 2 aromatic rings. The maximum absolute atomic E-state index is 12.8. The fourth-order valence-electron chi connectivity index (χ4n) is 3.11. The normalized spacial score (nSPS) is 16.9. The molecular formula is C21H26N2O4S. The van der Waals surface area contributed by atoms with E-state index in [1.165, 1.54) is 0 Å². The van der Waals surface area contributed by atoms with Crippen LogP contribution in [0.3, 0.4) is 0 Å². The summed E-state index contributed by atoms with van der Waals surface area (Å²) in [6.07, 6.45) is 1.93. The van der Waals surface area contributed by atoms with Crippen LogP contribution in [0, 0.1) is 0 Å². The van der Waals surface area contributed by atoms with Gasteiger partial charge in [-0.3, -0.25) is 9.52 Å². The fraction of sp³-hybridized carbons (Fsp3) is 0.381. The molecule has 1 atom stereocenters. The van der Waals surface area contributed by atoms with Gasteiger partial charge in [0.05, 0.1) is 22.3 Å². The molecule has 1 amide bonds. The van der Waals surface area contributed by atoms with Crippen molar-refractivity contribution in [1.29, 1.82) is 0 Å². The second-order valence-corrected chi connectivity index (χ2v) is 8.90. The summed E-state index contributed by atoms with van der Waals surface area (Å²) >= 11 is 0. The first-order valence-electron chi connectivity index (χ1n) is 9.48. The van der Waals surface area contributed by atoms with Gasteiger partial charge in [0.15, 0.2) is 0 Å². The van der Waals surface area contributed by atoms with E-state index >= 15 is 0 Å². The molecule has 7 heteroatoms. The summed E-state index contributed by atoms with van der Waals surface area (Å²) in [4.78, 5) is 12.7. The Balaban J connectivity index is 1.75. The summed E-state index contributed by atoms with van der Waals surface area (Å²) in [7, 11) is -3.80. The predicted molar refractivity (Wildman–Crippen MR) is 109 cm³/mol. The zero-order valence-electron chi connectivity index (χ0n) is 16.1. The van der Waals surface area contributed by atoms with Gasteiger partial charge in [0, 0.05) is 13.2 Å². The second kappa shape index (κ2) is 8.75. The number of amides is 1. The lowest BCUT2D eigenvalue weighted by Crippen LogP contribution is -2.32. The Morgan fingerprint density at radius 2 is 1.86 bits per heavy atom. The zero-order chi connectivity index (χ0) is 20.1. The predicted octanol–water partition coefficient (Wildman–Crippen LogP) is 3.52. The first-order chi connectivity index (χ1) is 13.4. The van der Waals surface area contributed by atoms with Crippen LogP contribution in [-0.4, -0.2) is 33.6 Å². The van der Waals surface area contributed by atoms with E-state index in [9.17, 15) is 13.2 Å². The average Bonchev–Trinajstić information content (AvgIpc) is 3.20. The molecule has 0 bridgehead atoms. The Morgan fingerprint density at radius 1 is 1.14 bits per heavy atom. The number of sulfonamides is 1. The van der Waals surface area contributed by atoms with Gasteiger partial charge in [0.2, 0.25) is 0 Å². The van der Waals surface area contributed by atoms with E-state index in [1.807, 2.05) is 13.8 Å². The third-order valence-corrected chi connectivity index (χ3v) is 6.17. The highest BCUT2D eigenvalue weighted by Gasteiger charge is 2.20. The zero-order valence-corrected chi connectivity index (χ0v) is 17.0. The van der Waals surface area contributed by atoms with Crippen molar-refractivity contribution in [3.63, 3.8) is 0 Å². The van der Waals surface area contributed by atoms with Gasteiger partial charge in [-0.15, -0.1) is 0 Å². The Morgan fingerprint density at radius 3 is 2.50 bits per heavy atom. The molecule has 0 saturated carbocycles. The third-order valence-electron chi connectivity index (χ3n) is 4.79. The smallest absolute Gasteiger partial charge is 0.261 e. The summed E-state index contributed by atoms with van der Waals surface area (Å²) in [5.74, 6) is -0.0121. The van der Waals surface area contributed by atoms with Gasteiger partial charge in [0.25, 0.3) is 15.9 Å². The quantitative estimate of drug-likeness (QED) is 0.742. The van der Waals surface area contributed by atoms with Crippen molar-refractivity contribution < 1.29 is 17.9 Å². The molecule has 1 fully saturated rings. The summed E-state index contributed by atoms with van der Waals surface area (Å²) < 4.78 is 33.6. The van der Waals surface area contributed by atoms with Crippen molar-refractivity contribution >= 4 is 21.6 Å². The van der Waals surface area contributed by atoms with Crippen LogP contribution in [0.15, 0.2) is 53.4 Å². The Bertz CT molecular complexity index is 918. The number of hydrogen-bond donors (Lipinski definition) is 2. The van der Waals surface area contributed by atoms with Crippen LogP contribution in [0.5, 0.6) is 0 Å². The molecule has 2 N–H and O–H groups in total. The maximum atomic E-state index is 12.8. The van der Waals surface area contributed by atoms with E-state index in [2.05, 4.69) is 10.0 Å². The average molecular weight is 403 g/mol. The summed E-state index contributed by atoms with van der Waals surface area (Å²) in [5, 5.41) is 2.83. The van der Waals surface area contributed by atoms with E-state index in [1.54, 1.807) is 48.5 Å². The molecule has 1 aliphatic heterocycles. The van der Waals surface area contributed by atoms with Crippen LogP contribution < -0.4 is 10.0 Å². The van der Waals surface area contributed by atoms with Gasteiger partial charge in [-0.25, -0.2) is 8.42 Å². The molecule has 2 aromatic carbocycles. The highest BCUT2D eigenvalue weighted by Crippen LogP contribution is 2.22. The molecule has 1 heterocycles. The van der Waals surface area contributed by atoms with E-state index in [0.29, 0.717) is 19.1 Å². The number of nitrogens with one attached hydrogen (secondary N) is 2. The molecule has 3 rings (SSSR count). The minimum Gasteiger partial charge on any atom is -0.376 e. The van der Waals surface area contributed by atoms with Gasteiger partial charge >= 0.3 is 0 Å². The van der Waals surface area contributed by atoms with E-state index in [-0.39, 0.29) is 28.2 Å². The van der Waals surface area contributed by atoms with Crippen LogP contribution in [-0.2, 0) is 14.8 Å². The lowest BCUT2D eigenvalue weighted by atomic mass is 10.0. The highest BCUT2D eigenvalue weighted by atomic mass is 32.2. The SMILES string of the molecule is CC(C)c1ccc(S(=O)(=O)Nc2ccccc2C(=O)NC[C@H]2CCCO2)cc1. The molecule has 0 spiro atoms. The van der Waals surface area contributed by atoms with Gasteiger partial charge in [-0.2, -0.15) is 0 Å². The van der Waals surface area contributed by atoms with Crippen LogP contribution in [0.2, 0.25) is 0 Å². The molecule has 1 saturated heterocycles. The Kier molecular flexibility index (Phi) is 6.36. The standard InChI is InChI=1S/C21H26N2O4S/c1-15(2)16-9-11-18(12-10-16)28(25,26)23-20-8-4-3-7-19(20)21(24)22-14-17-6-5-13-27-17/h3-4,7-12,15,17,23H,5-6,13-14H2,1-2H3,(H,22,24)/t17-/m1/s1. The molecule has 150 valence electrons. The largest absolute Gasteiger partial charge is 0.376 e. The van der Waals surface area contributed by atoms with Crippen molar-refractivity contribution in [2.24, 2.45) is 0 Å². The van der Waals surface area contributed by atoms with Crippen molar-refractivity contribution in [3.8, 4) is 0 Å². The van der Waals surface area contributed by atoms with E-state index < -0.39 is 10.0 Å². The molecule has 0 radical (unpaired) electrons.